The highest BCUT2D eigenvalue weighted by atomic mass is 16.5. The second kappa shape index (κ2) is 8.99. The lowest BCUT2D eigenvalue weighted by Crippen LogP contribution is -2.43. The molecule has 0 unspecified atom stereocenters. The van der Waals surface area contributed by atoms with E-state index in [0.29, 0.717) is 25.2 Å². The van der Waals surface area contributed by atoms with Crippen LogP contribution in [0.5, 0.6) is 0 Å². The number of hydrogen-bond donors (Lipinski definition) is 3. The third-order valence-electron chi connectivity index (χ3n) is 3.38. The van der Waals surface area contributed by atoms with E-state index in [-0.39, 0.29) is 18.0 Å². The van der Waals surface area contributed by atoms with E-state index in [1.165, 1.54) is 6.20 Å². The number of nitrogens with zero attached hydrogens (tertiary/aromatic N) is 1. The van der Waals surface area contributed by atoms with E-state index >= 15 is 0 Å². The number of nitrogens with one attached hydrogen (secondary N) is 3. The van der Waals surface area contributed by atoms with Gasteiger partial charge in [0.25, 0.3) is 5.91 Å². The Kier molecular flexibility index (Phi) is 6.63. The minimum Gasteiger partial charge on any atom is -0.376 e. The van der Waals surface area contributed by atoms with Crippen LogP contribution in [0.4, 0.5) is 4.79 Å². The molecule has 2 heterocycles. The fourth-order valence-corrected chi connectivity index (χ4v) is 2.19. The van der Waals surface area contributed by atoms with E-state index in [4.69, 9.17) is 4.74 Å². The van der Waals surface area contributed by atoms with Crippen molar-refractivity contribution >= 4 is 11.9 Å². The molecule has 1 fully saturated rings. The summed E-state index contributed by atoms with van der Waals surface area (Å²) in [5.41, 5.74) is 0.501. The predicted molar refractivity (Wildman–Crippen MR) is 81.6 cm³/mol. The van der Waals surface area contributed by atoms with Crippen molar-refractivity contribution in [3.63, 3.8) is 0 Å². The molecule has 1 aromatic rings. The standard InChI is InChI=1S/C15H22N4O3/c20-14(12-4-3-6-16-10-12)17-7-8-18-15(21)19-11-13-5-1-2-9-22-13/h3-4,6,10,13H,1-2,5,7-9,11H2,(H,17,20)(H2,18,19,21)/t13-/m0/s1. The molecule has 7 heteroatoms. The lowest BCUT2D eigenvalue weighted by molar-refractivity contribution is 0.0185. The molecule has 1 atom stereocenters. The summed E-state index contributed by atoms with van der Waals surface area (Å²) in [6.45, 7) is 2.02. The van der Waals surface area contributed by atoms with Crippen LogP contribution in [-0.4, -0.2) is 49.3 Å². The van der Waals surface area contributed by atoms with Gasteiger partial charge in [-0.25, -0.2) is 4.79 Å². The summed E-state index contributed by atoms with van der Waals surface area (Å²) in [6.07, 6.45) is 6.46. The van der Waals surface area contributed by atoms with E-state index in [1.54, 1.807) is 18.3 Å². The maximum Gasteiger partial charge on any atom is 0.314 e. The molecule has 1 aliphatic heterocycles. The minimum atomic E-state index is -0.246. The highest BCUT2D eigenvalue weighted by Gasteiger charge is 2.14. The molecule has 1 aliphatic rings. The van der Waals surface area contributed by atoms with Crippen LogP contribution in [0.1, 0.15) is 29.6 Å². The number of carbonyl (C=O) groups excluding carboxylic acids is 2. The normalized spacial score (nSPS) is 17.5. The lowest BCUT2D eigenvalue weighted by atomic mass is 10.1. The molecule has 0 saturated carbocycles. The number of rotatable bonds is 6. The largest absolute Gasteiger partial charge is 0.376 e. The van der Waals surface area contributed by atoms with Gasteiger partial charge in [0.1, 0.15) is 0 Å². The Labute approximate surface area is 129 Å². The van der Waals surface area contributed by atoms with Gasteiger partial charge in [0.15, 0.2) is 0 Å². The third kappa shape index (κ3) is 5.69. The molecule has 3 amide bonds. The zero-order valence-electron chi connectivity index (χ0n) is 12.5. The summed E-state index contributed by atoms with van der Waals surface area (Å²) in [5.74, 6) is -0.203. The summed E-state index contributed by atoms with van der Waals surface area (Å²) in [7, 11) is 0. The number of aromatic nitrogens is 1. The number of urea groups is 1. The SMILES string of the molecule is O=C(NCCNC(=O)c1cccnc1)NC[C@@H]1CCCCO1. The predicted octanol–water partition coefficient (Wildman–Crippen LogP) is 0.680. The van der Waals surface area contributed by atoms with Crippen molar-refractivity contribution in [2.75, 3.05) is 26.2 Å². The van der Waals surface area contributed by atoms with E-state index in [0.717, 1.165) is 25.9 Å². The Balaban J connectivity index is 1.54. The van der Waals surface area contributed by atoms with Crippen LogP contribution in [0.25, 0.3) is 0 Å². The van der Waals surface area contributed by atoms with Crippen molar-refractivity contribution in [2.24, 2.45) is 0 Å². The fraction of sp³-hybridized carbons (Fsp3) is 0.533. The van der Waals surface area contributed by atoms with E-state index < -0.39 is 0 Å². The second-order valence-corrected chi connectivity index (χ2v) is 5.12. The molecule has 7 nitrogen and oxygen atoms in total. The highest BCUT2D eigenvalue weighted by Crippen LogP contribution is 2.11. The van der Waals surface area contributed by atoms with Gasteiger partial charge < -0.3 is 20.7 Å². The van der Waals surface area contributed by atoms with Crippen molar-refractivity contribution in [3.05, 3.63) is 30.1 Å². The lowest BCUT2D eigenvalue weighted by Gasteiger charge is -2.22. The van der Waals surface area contributed by atoms with Crippen LogP contribution in [0.2, 0.25) is 0 Å². The smallest absolute Gasteiger partial charge is 0.314 e. The van der Waals surface area contributed by atoms with Crippen LogP contribution in [-0.2, 0) is 4.74 Å². The number of hydrogen-bond acceptors (Lipinski definition) is 4. The van der Waals surface area contributed by atoms with Gasteiger partial charge in [-0.1, -0.05) is 0 Å². The fourth-order valence-electron chi connectivity index (χ4n) is 2.19. The van der Waals surface area contributed by atoms with E-state index in [1.807, 2.05) is 0 Å². The molecule has 22 heavy (non-hydrogen) atoms. The van der Waals surface area contributed by atoms with Crippen molar-refractivity contribution in [1.82, 2.24) is 20.9 Å². The van der Waals surface area contributed by atoms with Crippen LogP contribution in [0.15, 0.2) is 24.5 Å². The zero-order chi connectivity index (χ0) is 15.6. The van der Waals surface area contributed by atoms with Gasteiger partial charge in [-0.15, -0.1) is 0 Å². The molecule has 0 spiro atoms. The molecule has 1 aromatic heterocycles. The van der Waals surface area contributed by atoms with Crippen LogP contribution < -0.4 is 16.0 Å². The molecule has 0 aliphatic carbocycles. The van der Waals surface area contributed by atoms with Crippen molar-refractivity contribution in [1.29, 1.82) is 0 Å². The van der Waals surface area contributed by atoms with Crippen molar-refractivity contribution < 1.29 is 14.3 Å². The molecular weight excluding hydrogens is 284 g/mol. The first-order chi connectivity index (χ1) is 10.8. The van der Waals surface area contributed by atoms with Gasteiger partial charge in [0, 0.05) is 38.6 Å². The maximum absolute atomic E-state index is 11.7. The monoisotopic (exact) mass is 306 g/mol. The highest BCUT2D eigenvalue weighted by molar-refractivity contribution is 5.93. The number of amides is 3. The topological polar surface area (TPSA) is 92.4 Å². The maximum atomic E-state index is 11.7. The number of carbonyl (C=O) groups is 2. The van der Waals surface area contributed by atoms with Gasteiger partial charge in [-0.2, -0.15) is 0 Å². The van der Waals surface area contributed by atoms with Crippen LogP contribution in [0.3, 0.4) is 0 Å². The number of pyridine rings is 1. The summed E-state index contributed by atoms with van der Waals surface area (Å²) in [6, 6.07) is 3.14. The Morgan fingerprint density at radius 3 is 2.82 bits per heavy atom. The quantitative estimate of drug-likeness (QED) is 0.674. The Morgan fingerprint density at radius 2 is 2.09 bits per heavy atom. The Morgan fingerprint density at radius 1 is 1.23 bits per heavy atom. The summed E-state index contributed by atoms with van der Waals surface area (Å²) >= 11 is 0. The van der Waals surface area contributed by atoms with E-state index in [9.17, 15) is 9.59 Å². The molecule has 1 saturated heterocycles. The molecule has 3 N–H and O–H groups in total. The van der Waals surface area contributed by atoms with Crippen molar-refractivity contribution in [3.8, 4) is 0 Å². The van der Waals surface area contributed by atoms with Gasteiger partial charge in [-0.3, -0.25) is 9.78 Å². The molecule has 120 valence electrons. The molecule has 0 bridgehead atoms. The average molecular weight is 306 g/mol. The van der Waals surface area contributed by atoms with Crippen molar-refractivity contribution in [2.45, 2.75) is 25.4 Å². The second-order valence-electron chi connectivity index (χ2n) is 5.12. The van der Waals surface area contributed by atoms with Crippen LogP contribution in [0, 0.1) is 0 Å². The molecule has 2 rings (SSSR count). The van der Waals surface area contributed by atoms with Gasteiger partial charge >= 0.3 is 6.03 Å². The Bertz CT molecular complexity index is 475. The molecular formula is C15H22N4O3. The van der Waals surface area contributed by atoms with Gasteiger partial charge in [0.2, 0.25) is 0 Å². The minimum absolute atomic E-state index is 0.116. The summed E-state index contributed by atoms with van der Waals surface area (Å²) < 4.78 is 5.53. The third-order valence-corrected chi connectivity index (χ3v) is 3.38. The van der Waals surface area contributed by atoms with Crippen LogP contribution >= 0.6 is 0 Å². The average Bonchev–Trinajstić information content (AvgIpc) is 2.58. The first kappa shape index (κ1) is 16.2. The Hall–Kier alpha value is -2.15. The summed E-state index contributed by atoms with van der Waals surface area (Å²) in [4.78, 5) is 27.2. The van der Waals surface area contributed by atoms with Gasteiger partial charge in [-0.05, 0) is 31.4 Å². The first-order valence-corrected chi connectivity index (χ1v) is 7.57. The first-order valence-electron chi connectivity index (χ1n) is 7.57. The van der Waals surface area contributed by atoms with Gasteiger partial charge in [0.05, 0.1) is 11.7 Å². The molecule has 0 aromatic carbocycles. The molecule has 0 radical (unpaired) electrons. The summed E-state index contributed by atoms with van der Waals surface area (Å²) in [5, 5.41) is 8.18. The zero-order valence-corrected chi connectivity index (χ0v) is 12.5. The van der Waals surface area contributed by atoms with E-state index in [2.05, 4.69) is 20.9 Å². The number of ether oxygens (including phenoxy) is 1.